The molecule has 132 valence electrons. The fourth-order valence-corrected chi connectivity index (χ4v) is 3.04. The minimum Gasteiger partial charge on any atom is -0.375 e. The van der Waals surface area contributed by atoms with Crippen molar-refractivity contribution in [1.29, 1.82) is 0 Å². The molecule has 0 unspecified atom stereocenters. The highest BCUT2D eigenvalue weighted by Gasteiger charge is 2.27. The second-order valence-electron chi connectivity index (χ2n) is 6.60. The monoisotopic (exact) mass is 333 g/mol. The summed E-state index contributed by atoms with van der Waals surface area (Å²) in [6, 6.07) is 3.81. The third-order valence-electron chi connectivity index (χ3n) is 4.23. The average molecular weight is 333 g/mol. The number of hydrogen-bond acceptors (Lipinski definition) is 4. The van der Waals surface area contributed by atoms with E-state index in [4.69, 9.17) is 4.74 Å². The molecule has 0 atom stereocenters. The van der Waals surface area contributed by atoms with Crippen molar-refractivity contribution in [3.63, 3.8) is 0 Å². The molecule has 0 bridgehead atoms. The molecular weight excluding hydrogens is 306 g/mol. The van der Waals surface area contributed by atoms with Crippen molar-refractivity contribution >= 4 is 11.8 Å². The van der Waals surface area contributed by atoms with Gasteiger partial charge in [0.1, 0.15) is 6.61 Å². The van der Waals surface area contributed by atoms with Crippen molar-refractivity contribution in [2.45, 2.75) is 45.6 Å². The van der Waals surface area contributed by atoms with Crippen LogP contribution in [0.2, 0.25) is 0 Å². The first-order valence-electron chi connectivity index (χ1n) is 8.47. The van der Waals surface area contributed by atoms with Crippen molar-refractivity contribution in [3.05, 3.63) is 29.1 Å². The van der Waals surface area contributed by atoms with Crippen LogP contribution in [0.3, 0.4) is 0 Å². The number of piperidine rings is 1. The van der Waals surface area contributed by atoms with Gasteiger partial charge in [-0.25, -0.2) is 0 Å². The van der Waals surface area contributed by atoms with E-state index in [0.717, 1.165) is 24.2 Å². The minimum atomic E-state index is -0.0783. The lowest BCUT2D eigenvalue weighted by Gasteiger charge is -2.32. The molecule has 2 rings (SSSR count). The molecule has 1 N–H and O–H groups in total. The van der Waals surface area contributed by atoms with Crippen molar-refractivity contribution in [2.24, 2.45) is 0 Å². The number of carbonyl (C=O) groups excluding carboxylic acids is 2. The fraction of sp³-hybridized carbons (Fsp3) is 0.611. The van der Waals surface area contributed by atoms with Crippen molar-refractivity contribution in [3.8, 4) is 0 Å². The van der Waals surface area contributed by atoms with Crippen LogP contribution >= 0.6 is 0 Å². The number of ether oxygens (including phenoxy) is 1. The zero-order valence-corrected chi connectivity index (χ0v) is 15.0. The van der Waals surface area contributed by atoms with Gasteiger partial charge in [-0.05, 0) is 45.7 Å². The normalized spacial score (nSPS) is 15.6. The lowest BCUT2D eigenvalue weighted by atomic mass is 9.89. The second-order valence-corrected chi connectivity index (χ2v) is 6.60. The van der Waals surface area contributed by atoms with Gasteiger partial charge in [-0.3, -0.25) is 14.6 Å². The molecule has 1 aliphatic rings. The zero-order chi connectivity index (χ0) is 17.7. The molecule has 1 aliphatic heterocycles. The topological polar surface area (TPSA) is 71.5 Å². The van der Waals surface area contributed by atoms with E-state index in [1.807, 2.05) is 37.8 Å². The Balaban J connectivity index is 2.13. The van der Waals surface area contributed by atoms with Gasteiger partial charge in [-0.1, -0.05) is 0 Å². The number of pyridine rings is 1. The summed E-state index contributed by atoms with van der Waals surface area (Å²) in [7, 11) is 1.53. The summed E-state index contributed by atoms with van der Waals surface area (Å²) in [5.74, 6) is 0.140. The van der Waals surface area contributed by atoms with Gasteiger partial charge in [0.2, 0.25) is 5.91 Å². The standard InChI is InChI=1S/C18H27N3O3/c1-12(2)19-18(23)15-6-5-13(3)20-17(15)14-7-9-21(10-8-14)16(22)11-24-4/h5-6,12,14H,7-11H2,1-4H3,(H,19,23). The van der Waals surface area contributed by atoms with E-state index in [1.54, 1.807) is 0 Å². The molecular formula is C18H27N3O3. The van der Waals surface area contributed by atoms with Crippen molar-refractivity contribution in [2.75, 3.05) is 26.8 Å². The molecule has 0 radical (unpaired) electrons. The Labute approximate surface area is 143 Å². The number of carbonyl (C=O) groups is 2. The highest BCUT2D eigenvalue weighted by molar-refractivity contribution is 5.95. The molecule has 0 saturated carbocycles. The van der Waals surface area contributed by atoms with Crippen LogP contribution in [-0.2, 0) is 9.53 Å². The number of hydrogen-bond donors (Lipinski definition) is 1. The Hall–Kier alpha value is -1.95. The van der Waals surface area contributed by atoms with Crippen LogP contribution in [0.25, 0.3) is 0 Å². The fourth-order valence-electron chi connectivity index (χ4n) is 3.04. The zero-order valence-electron chi connectivity index (χ0n) is 15.0. The van der Waals surface area contributed by atoms with E-state index in [2.05, 4.69) is 10.3 Å². The first-order valence-corrected chi connectivity index (χ1v) is 8.47. The first kappa shape index (κ1) is 18.4. The SMILES string of the molecule is COCC(=O)N1CCC(c2nc(C)ccc2C(=O)NC(C)C)CC1. The number of aromatic nitrogens is 1. The van der Waals surface area contributed by atoms with Gasteiger partial charge >= 0.3 is 0 Å². The molecule has 0 spiro atoms. The summed E-state index contributed by atoms with van der Waals surface area (Å²) < 4.78 is 4.92. The summed E-state index contributed by atoms with van der Waals surface area (Å²) in [6.07, 6.45) is 1.63. The van der Waals surface area contributed by atoms with Crippen LogP contribution in [0.5, 0.6) is 0 Å². The Kier molecular flexibility index (Phi) is 6.31. The minimum absolute atomic E-state index is 0.0194. The number of amides is 2. The number of methoxy groups -OCH3 is 1. The van der Waals surface area contributed by atoms with E-state index in [1.165, 1.54) is 7.11 Å². The van der Waals surface area contributed by atoms with E-state index in [9.17, 15) is 9.59 Å². The highest BCUT2D eigenvalue weighted by atomic mass is 16.5. The number of nitrogens with one attached hydrogen (secondary N) is 1. The molecule has 2 amide bonds. The van der Waals surface area contributed by atoms with Crippen LogP contribution in [0, 0.1) is 6.92 Å². The first-order chi connectivity index (χ1) is 11.4. The van der Waals surface area contributed by atoms with Gasteiger partial charge in [0.25, 0.3) is 5.91 Å². The lowest BCUT2D eigenvalue weighted by molar-refractivity contribution is -0.136. The molecule has 0 aromatic carbocycles. The van der Waals surface area contributed by atoms with Gasteiger partial charge in [-0.2, -0.15) is 0 Å². The van der Waals surface area contributed by atoms with Gasteiger partial charge in [-0.15, -0.1) is 0 Å². The Bertz CT molecular complexity index is 593. The molecule has 6 nitrogen and oxygen atoms in total. The van der Waals surface area contributed by atoms with Crippen LogP contribution in [0.15, 0.2) is 12.1 Å². The lowest BCUT2D eigenvalue weighted by Crippen LogP contribution is -2.40. The molecule has 1 saturated heterocycles. The molecule has 1 aromatic heterocycles. The smallest absolute Gasteiger partial charge is 0.253 e. The predicted molar refractivity (Wildman–Crippen MR) is 92.0 cm³/mol. The molecule has 6 heteroatoms. The van der Waals surface area contributed by atoms with Crippen LogP contribution in [0.4, 0.5) is 0 Å². The summed E-state index contributed by atoms with van der Waals surface area (Å²) >= 11 is 0. The van der Waals surface area contributed by atoms with E-state index < -0.39 is 0 Å². The molecule has 1 fully saturated rings. The summed E-state index contributed by atoms with van der Waals surface area (Å²) in [5, 5.41) is 2.94. The Morgan fingerprint density at radius 2 is 2.00 bits per heavy atom. The van der Waals surface area contributed by atoms with E-state index >= 15 is 0 Å². The van der Waals surface area contributed by atoms with Crippen molar-refractivity contribution < 1.29 is 14.3 Å². The molecule has 1 aromatic rings. The van der Waals surface area contributed by atoms with E-state index in [-0.39, 0.29) is 30.4 Å². The van der Waals surface area contributed by atoms with Gasteiger partial charge in [0.15, 0.2) is 0 Å². The maximum atomic E-state index is 12.5. The molecule has 0 aliphatic carbocycles. The number of aryl methyl sites for hydroxylation is 1. The van der Waals surface area contributed by atoms with Gasteiger partial charge < -0.3 is 15.0 Å². The van der Waals surface area contributed by atoms with E-state index in [0.29, 0.717) is 18.7 Å². The largest absolute Gasteiger partial charge is 0.375 e. The summed E-state index contributed by atoms with van der Waals surface area (Å²) in [6.45, 7) is 7.29. The Morgan fingerprint density at radius 3 is 2.58 bits per heavy atom. The quantitative estimate of drug-likeness (QED) is 0.893. The summed E-state index contributed by atoms with van der Waals surface area (Å²) in [5.41, 5.74) is 2.41. The Morgan fingerprint density at radius 1 is 1.33 bits per heavy atom. The number of rotatable bonds is 5. The average Bonchev–Trinajstić information content (AvgIpc) is 2.54. The maximum Gasteiger partial charge on any atom is 0.253 e. The summed E-state index contributed by atoms with van der Waals surface area (Å²) in [4.78, 5) is 30.8. The third kappa shape index (κ3) is 4.54. The third-order valence-corrected chi connectivity index (χ3v) is 4.23. The van der Waals surface area contributed by atoms with Crippen LogP contribution < -0.4 is 5.32 Å². The van der Waals surface area contributed by atoms with Crippen molar-refractivity contribution in [1.82, 2.24) is 15.2 Å². The highest BCUT2D eigenvalue weighted by Crippen LogP contribution is 2.29. The van der Waals surface area contributed by atoms with Gasteiger partial charge in [0.05, 0.1) is 11.3 Å². The molecule has 24 heavy (non-hydrogen) atoms. The number of likely N-dealkylation sites (tertiary alicyclic amines) is 1. The maximum absolute atomic E-state index is 12.5. The molecule has 2 heterocycles. The predicted octanol–water partition coefficient (Wildman–Crippen LogP) is 1.88. The van der Waals surface area contributed by atoms with Crippen LogP contribution in [0.1, 0.15) is 54.4 Å². The second kappa shape index (κ2) is 8.24. The van der Waals surface area contributed by atoms with Gasteiger partial charge in [0, 0.05) is 37.9 Å². The van der Waals surface area contributed by atoms with Crippen LogP contribution in [-0.4, -0.2) is 54.5 Å². The number of nitrogens with zero attached hydrogens (tertiary/aromatic N) is 2.